The smallest absolute Gasteiger partial charge is 0.268 e. The average Bonchev–Trinajstić information content (AvgIpc) is 2.90. The predicted octanol–water partition coefficient (Wildman–Crippen LogP) is 1.67. The van der Waals surface area contributed by atoms with E-state index < -0.39 is 0 Å². The molecule has 2 aromatic rings. The molecular weight excluding hydrogens is 220 g/mol. The first-order valence-electron chi connectivity index (χ1n) is 5.64. The Bertz CT molecular complexity index is 551. The first-order chi connectivity index (χ1) is 7.84. The van der Waals surface area contributed by atoms with Gasteiger partial charge in [-0.15, -0.1) is 0 Å². The highest BCUT2D eigenvalue weighted by Crippen LogP contribution is 2.18. The molecule has 1 fully saturated rings. The van der Waals surface area contributed by atoms with Crippen molar-refractivity contribution in [2.45, 2.75) is 13.0 Å². The van der Waals surface area contributed by atoms with Gasteiger partial charge in [-0.05, 0) is 37.6 Å². The molecule has 0 saturated carbocycles. The maximum absolute atomic E-state index is 12.1. The number of fused-ring (bicyclic) bond motifs is 1. The Hall–Kier alpha value is -1.13. The van der Waals surface area contributed by atoms with Crippen LogP contribution in [0.25, 0.3) is 10.1 Å². The second kappa shape index (κ2) is 4.03. The van der Waals surface area contributed by atoms with Gasteiger partial charge in [-0.3, -0.25) is 8.75 Å². The molecule has 0 amide bonds. The molecule has 3 nitrogen and oxygen atoms in total. The van der Waals surface area contributed by atoms with Crippen LogP contribution in [-0.2, 0) is 6.54 Å². The summed E-state index contributed by atoms with van der Waals surface area (Å²) in [5, 5.41) is 4.19. The van der Waals surface area contributed by atoms with Crippen molar-refractivity contribution in [1.82, 2.24) is 9.27 Å². The van der Waals surface area contributed by atoms with Crippen molar-refractivity contribution in [1.29, 1.82) is 0 Å². The molecule has 1 unspecified atom stereocenters. The van der Waals surface area contributed by atoms with Gasteiger partial charge in [0.05, 0.1) is 10.1 Å². The Labute approximate surface area is 97.9 Å². The minimum Gasteiger partial charge on any atom is -0.316 e. The molecule has 3 rings (SSSR count). The summed E-state index contributed by atoms with van der Waals surface area (Å²) >= 11 is 1.59. The van der Waals surface area contributed by atoms with Crippen LogP contribution in [0.4, 0.5) is 0 Å². The highest BCUT2D eigenvalue weighted by Gasteiger charge is 2.17. The van der Waals surface area contributed by atoms with Crippen molar-refractivity contribution in [3.05, 3.63) is 34.6 Å². The van der Waals surface area contributed by atoms with Crippen molar-refractivity contribution < 1.29 is 0 Å². The van der Waals surface area contributed by atoms with Crippen LogP contribution in [0.1, 0.15) is 6.42 Å². The Morgan fingerprint density at radius 3 is 3.06 bits per heavy atom. The Kier molecular flexibility index (Phi) is 2.53. The fraction of sp³-hybridized carbons (Fsp3) is 0.417. The van der Waals surface area contributed by atoms with E-state index in [2.05, 4.69) is 5.32 Å². The molecule has 1 aliphatic heterocycles. The molecule has 0 spiro atoms. The fourth-order valence-electron chi connectivity index (χ4n) is 2.24. The second-order valence-corrected chi connectivity index (χ2v) is 5.38. The van der Waals surface area contributed by atoms with E-state index in [1.165, 1.54) is 6.42 Å². The van der Waals surface area contributed by atoms with Gasteiger partial charge in [0.1, 0.15) is 0 Å². The average molecular weight is 234 g/mol. The molecule has 1 aromatic carbocycles. The van der Waals surface area contributed by atoms with Crippen LogP contribution in [0.3, 0.4) is 0 Å². The van der Waals surface area contributed by atoms with Gasteiger partial charge in [0.2, 0.25) is 0 Å². The highest BCUT2D eigenvalue weighted by molar-refractivity contribution is 7.13. The molecule has 1 atom stereocenters. The summed E-state index contributed by atoms with van der Waals surface area (Å²) in [4.78, 5) is 12.1. The summed E-state index contributed by atoms with van der Waals surface area (Å²) in [7, 11) is 0. The minimum absolute atomic E-state index is 0.174. The summed E-state index contributed by atoms with van der Waals surface area (Å²) in [6.07, 6.45) is 1.18. The molecule has 1 aliphatic rings. The van der Waals surface area contributed by atoms with Crippen molar-refractivity contribution >= 4 is 21.6 Å². The van der Waals surface area contributed by atoms with Crippen LogP contribution in [0.5, 0.6) is 0 Å². The van der Waals surface area contributed by atoms with Crippen molar-refractivity contribution in [3.63, 3.8) is 0 Å². The van der Waals surface area contributed by atoms with Gasteiger partial charge in [-0.2, -0.15) is 0 Å². The number of hydrogen-bond donors (Lipinski definition) is 1. The van der Waals surface area contributed by atoms with E-state index in [1.54, 1.807) is 11.5 Å². The second-order valence-electron chi connectivity index (χ2n) is 4.31. The SMILES string of the molecule is O=c1c2ccccc2sn1CC1CCNC1. The standard InChI is InChI=1S/C12H14N2OS/c15-12-10-3-1-2-4-11(10)16-14(12)8-9-5-6-13-7-9/h1-4,9,13H,5-8H2. The molecule has 16 heavy (non-hydrogen) atoms. The Morgan fingerprint density at radius 2 is 2.31 bits per heavy atom. The monoisotopic (exact) mass is 234 g/mol. The van der Waals surface area contributed by atoms with Crippen LogP contribution >= 0.6 is 11.5 Å². The maximum Gasteiger partial charge on any atom is 0.268 e. The predicted molar refractivity (Wildman–Crippen MR) is 67.1 cm³/mol. The van der Waals surface area contributed by atoms with Crippen LogP contribution in [0, 0.1) is 5.92 Å². The number of benzene rings is 1. The summed E-state index contributed by atoms with van der Waals surface area (Å²) in [6.45, 7) is 3.00. The Morgan fingerprint density at radius 1 is 1.44 bits per heavy atom. The van der Waals surface area contributed by atoms with E-state index in [0.717, 1.165) is 29.7 Å². The zero-order valence-corrected chi connectivity index (χ0v) is 9.80. The van der Waals surface area contributed by atoms with Gasteiger partial charge >= 0.3 is 0 Å². The molecule has 84 valence electrons. The number of nitrogens with one attached hydrogen (secondary N) is 1. The lowest BCUT2D eigenvalue weighted by Crippen LogP contribution is -2.20. The summed E-state index contributed by atoms with van der Waals surface area (Å²) in [5.41, 5.74) is 0.174. The summed E-state index contributed by atoms with van der Waals surface area (Å²) in [6, 6.07) is 7.85. The molecule has 2 heterocycles. The van der Waals surface area contributed by atoms with Gasteiger partial charge in [0.15, 0.2) is 0 Å². The van der Waals surface area contributed by atoms with E-state index >= 15 is 0 Å². The van der Waals surface area contributed by atoms with Gasteiger partial charge in [0.25, 0.3) is 5.56 Å². The van der Waals surface area contributed by atoms with Gasteiger partial charge in [-0.25, -0.2) is 0 Å². The highest BCUT2D eigenvalue weighted by atomic mass is 32.1. The van der Waals surface area contributed by atoms with Crippen LogP contribution in [0.2, 0.25) is 0 Å². The molecule has 0 aliphatic carbocycles. The van der Waals surface area contributed by atoms with Crippen molar-refractivity contribution in [2.24, 2.45) is 5.92 Å². The lowest BCUT2D eigenvalue weighted by molar-refractivity contribution is 0.497. The quantitative estimate of drug-likeness (QED) is 0.857. The van der Waals surface area contributed by atoms with Crippen molar-refractivity contribution in [2.75, 3.05) is 13.1 Å². The topological polar surface area (TPSA) is 34.0 Å². The first-order valence-corrected chi connectivity index (χ1v) is 6.41. The fourth-order valence-corrected chi connectivity index (χ4v) is 3.34. The Balaban J connectivity index is 1.97. The van der Waals surface area contributed by atoms with Gasteiger partial charge in [0, 0.05) is 6.54 Å². The minimum atomic E-state index is 0.174. The van der Waals surface area contributed by atoms with E-state index in [4.69, 9.17) is 0 Å². The molecule has 0 radical (unpaired) electrons. The molecule has 1 saturated heterocycles. The normalized spacial score (nSPS) is 20.6. The lowest BCUT2D eigenvalue weighted by atomic mass is 10.1. The van der Waals surface area contributed by atoms with Crippen molar-refractivity contribution in [3.8, 4) is 0 Å². The molecule has 1 N–H and O–H groups in total. The number of aromatic nitrogens is 1. The number of nitrogens with zero attached hydrogens (tertiary/aromatic N) is 1. The third-order valence-corrected chi connectivity index (χ3v) is 4.23. The molecular formula is C12H14N2OS. The third kappa shape index (κ3) is 1.68. The molecule has 0 bridgehead atoms. The molecule has 4 heteroatoms. The van der Waals surface area contributed by atoms with Gasteiger partial charge in [-0.1, -0.05) is 23.7 Å². The first kappa shape index (κ1) is 10.1. The lowest BCUT2D eigenvalue weighted by Gasteiger charge is -2.06. The largest absolute Gasteiger partial charge is 0.316 e. The number of hydrogen-bond acceptors (Lipinski definition) is 3. The van der Waals surface area contributed by atoms with Crippen LogP contribution < -0.4 is 10.9 Å². The number of rotatable bonds is 2. The van der Waals surface area contributed by atoms with E-state index in [1.807, 2.05) is 28.2 Å². The van der Waals surface area contributed by atoms with Crippen LogP contribution in [0.15, 0.2) is 29.1 Å². The zero-order valence-electron chi connectivity index (χ0n) is 8.98. The van der Waals surface area contributed by atoms with E-state index in [9.17, 15) is 4.79 Å². The summed E-state index contributed by atoms with van der Waals surface area (Å²) < 4.78 is 3.00. The van der Waals surface area contributed by atoms with Gasteiger partial charge < -0.3 is 5.32 Å². The maximum atomic E-state index is 12.1. The molecule has 1 aromatic heterocycles. The summed E-state index contributed by atoms with van der Waals surface area (Å²) in [5.74, 6) is 0.616. The van der Waals surface area contributed by atoms with Crippen LogP contribution in [-0.4, -0.2) is 17.0 Å². The third-order valence-electron chi connectivity index (χ3n) is 3.14. The van der Waals surface area contributed by atoms with E-state index in [-0.39, 0.29) is 5.56 Å². The van der Waals surface area contributed by atoms with E-state index in [0.29, 0.717) is 5.92 Å². The zero-order chi connectivity index (χ0) is 11.0.